The van der Waals surface area contributed by atoms with Gasteiger partial charge in [-0.05, 0) is 26.0 Å². The Bertz CT molecular complexity index is 949. The fourth-order valence-corrected chi connectivity index (χ4v) is 2.70. The molecular weight excluding hydrogens is 364 g/mol. The Morgan fingerprint density at radius 1 is 1.15 bits per heavy atom. The monoisotopic (exact) mass is 384 g/mol. The highest BCUT2D eigenvalue weighted by molar-refractivity contribution is 6.33. The largest absolute Gasteiger partial charge is 0.354 e. The molecule has 0 saturated heterocycles. The first-order chi connectivity index (χ1) is 13.0. The van der Waals surface area contributed by atoms with Crippen LogP contribution in [0.1, 0.15) is 23.0 Å². The molecule has 1 amide bonds. The zero-order chi connectivity index (χ0) is 19.4. The van der Waals surface area contributed by atoms with E-state index in [1.54, 1.807) is 23.0 Å². The van der Waals surface area contributed by atoms with Crippen LogP contribution in [0.2, 0.25) is 5.02 Å². The topological polar surface area (TPSA) is 83.9 Å². The van der Waals surface area contributed by atoms with Gasteiger partial charge in [0.25, 0.3) is 5.91 Å². The minimum absolute atomic E-state index is 0.145. The van der Waals surface area contributed by atoms with Crippen molar-refractivity contribution in [3.05, 3.63) is 58.9 Å². The molecule has 2 heterocycles. The molecule has 0 spiro atoms. The number of aryl methyl sites for hydroxylation is 2. The average Bonchev–Trinajstić information content (AvgIpc) is 2.96. The number of amides is 1. The molecule has 3 aromatic rings. The van der Waals surface area contributed by atoms with E-state index in [9.17, 15) is 4.79 Å². The lowest BCUT2D eigenvalue weighted by atomic mass is 10.1. The van der Waals surface area contributed by atoms with Crippen LogP contribution < -0.4 is 16.0 Å². The van der Waals surface area contributed by atoms with Crippen LogP contribution >= 0.6 is 11.6 Å². The van der Waals surface area contributed by atoms with E-state index in [4.69, 9.17) is 11.6 Å². The number of halogens is 1. The van der Waals surface area contributed by atoms with Crippen LogP contribution in [-0.4, -0.2) is 27.2 Å². The minimum Gasteiger partial charge on any atom is -0.354 e. The fourth-order valence-electron chi connectivity index (χ4n) is 2.55. The molecule has 140 valence electrons. The van der Waals surface area contributed by atoms with Gasteiger partial charge < -0.3 is 16.0 Å². The number of hydrogen-bond acceptors (Lipinski definition) is 5. The highest BCUT2D eigenvalue weighted by Crippen LogP contribution is 2.29. The molecular formula is C19H21ClN6O. The first-order valence-corrected chi connectivity index (χ1v) is 8.93. The normalized spacial score (nSPS) is 10.5. The van der Waals surface area contributed by atoms with Gasteiger partial charge in [-0.2, -0.15) is 5.10 Å². The predicted molar refractivity (Wildman–Crippen MR) is 108 cm³/mol. The van der Waals surface area contributed by atoms with Crippen LogP contribution in [0.15, 0.2) is 42.6 Å². The Labute approximate surface area is 162 Å². The Balaban J connectivity index is 1.86. The summed E-state index contributed by atoms with van der Waals surface area (Å²) in [4.78, 5) is 16.6. The number of hydrogen-bond donors (Lipinski definition) is 3. The van der Waals surface area contributed by atoms with Gasteiger partial charge in [-0.25, -0.2) is 4.98 Å². The molecule has 0 radical (unpaired) electrons. The number of carbonyl (C=O) groups is 1. The van der Waals surface area contributed by atoms with Crippen molar-refractivity contribution in [3.63, 3.8) is 0 Å². The van der Waals surface area contributed by atoms with E-state index >= 15 is 0 Å². The maximum absolute atomic E-state index is 12.3. The number of nitrogens with one attached hydrogen (secondary N) is 3. The van der Waals surface area contributed by atoms with E-state index in [-0.39, 0.29) is 5.91 Å². The van der Waals surface area contributed by atoms with Gasteiger partial charge in [-0.3, -0.25) is 9.48 Å². The van der Waals surface area contributed by atoms with Crippen LogP contribution in [0, 0.1) is 6.92 Å². The number of pyridine rings is 1. The molecule has 0 aliphatic carbocycles. The van der Waals surface area contributed by atoms with Crippen LogP contribution in [0.3, 0.4) is 0 Å². The van der Waals surface area contributed by atoms with E-state index in [0.29, 0.717) is 40.1 Å². The van der Waals surface area contributed by atoms with Crippen molar-refractivity contribution >= 4 is 40.5 Å². The molecule has 0 aliphatic rings. The van der Waals surface area contributed by atoms with Gasteiger partial charge in [0.05, 0.1) is 28.2 Å². The number of nitrogens with zero attached hydrogens (tertiary/aromatic N) is 3. The third-order valence-electron chi connectivity index (χ3n) is 4.00. The van der Waals surface area contributed by atoms with Crippen LogP contribution in [-0.2, 0) is 7.05 Å². The first kappa shape index (κ1) is 18.7. The van der Waals surface area contributed by atoms with Crippen molar-refractivity contribution in [3.8, 4) is 0 Å². The number of para-hydroxylation sites is 1. The molecule has 0 fully saturated rings. The summed E-state index contributed by atoms with van der Waals surface area (Å²) < 4.78 is 1.78. The average molecular weight is 385 g/mol. The Morgan fingerprint density at radius 2 is 1.93 bits per heavy atom. The predicted octanol–water partition coefficient (Wildman–Crippen LogP) is 4.01. The molecule has 27 heavy (non-hydrogen) atoms. The molecule has 8 heteroatoms. The number of anilines is 4. The van der Waals surface area contributed by atoms with Crippen LogP contribution in [0.4, 0.5) is 23.0 Å². The second-order valence-corrected chi connectivity index (χ2v) is 6.41. The third kappa shape index (κ3) is 4.38. The minimum atomic E-state index is -0.145. The molecule has 7 nitrogen and oxygen atoms in total. The summed E-state index contributed by atoms with van der Waals surface area (Å²) in [7, 11) is 1.88. The molecule has 3 rings (SSSR count). The van der Waals surface area contributed by atoms with Gasteiger partial charge in [0.15, 0.2) is 5.82 Å². The lowest BCUT2D eigenvalue weighted by Crippen LogP contribution is -2.23. The SMILES string of the molecule is CCNC(=O)c1ccccc1Nc1cc(Nc2cc(C)n(C)n2)ncc1Cl. The summed E-state index contributed by atoms with van der Waals surface area (Å²) in [5.41, 5.74) is 2.87. The van der Waals surface area contributed by atoms with Crippen molar-refractivity contribution in [1.82, 2.24) is 20.1 Å². The smallest absolute Gasteiger partial charge is 0.253 e. The Morgan fingerprint density at radius 3 is 2.63 bits per heavy atom. The standard InChI is InChI=1S/C19H21ClN6O/c1-4-21-19(27)13-7-5-6-8-15(13)23-16-10-17(22-11-14(16)20)24-18-9-12(2)26(3)25-18/h5-11H,4H2,1-3H3,(H,21,27)(H2,22,23,24,25). The highest BCUT2D eigenvalue weighted by atomic mass is 35.5. The molecule has 1 aromatic carbocycles. The van der Waals surface area contributed by atoms with Gasteiger partial charge in [-0.15, -0.1) is 0 Å². The van der Waals surface area contributed by atoms with Crippen LogP contribution in [0.5, 0.6) is 0 Å². The van der Waals surface area contributed by atoms with Crippen LogP contribution in [0.25, 0.3) is 0 Å². The summed E-state index contributed by atoms with van der Waals surface area (Å²) in [6.45, 7) is 4.41. The molecule has 0 unspecified atom stereocenters. The summed E-state index contributed by atoms with van der Waals surface area (Å²) in [5.74, 6) is 1.14. The summed E-state index contributed by atoms with van der Waals surface area (Å²) in [6, 6.07) is 11.0. The van der Waals surface area contributed by atoms with Crippen molar-refractivity contribution in [2.75, 3.05) is 17.2 Å². The quantitative estimate of drug-likeness (QED) is 0.598. The van der Waals surface area contributed by atoms with E-state index in [1.165, 1.54) is 0 Å². The van der Waals surface area contributed by atoms with E-state index in [1.807, 2.05) is 45.2 Å². The molecule has 0 aliphatic heterocycles. The molecule has 2 aromatic heterocycles. The van der Waals surface area contributed by atoms with Gasteiger partial charge in [0.2, 0.25) is 0 Å². The maximum Gasteiger partial charge on any atom is 0.253 e. The second-order valence-electron chi connectivity index (χ2n) is 6.00. The van der Waals surface area contributed by atoms with Gasteiger partial charge >= 0.3 is 0 Å². The summed E-state index contributed by atoms with van der Waals surface area (Å²) in [6.07, 6.45) is 1.55. The number of rotatable bonds is 6. The van der Waals surface area contributed by atoms with Crippen molar-refractivity contribution in [2.45, 2.75) is 13.8 Å². The zero-order valence-electron chi connectivity index (χ0n) is 15.4. The molecule has 3 N–H and O–H groups in total. The van der Waals surface area contributed by atoms with E-state index in [0.717, 1.165) is 5.69 Å². The molecule has 0 bridgehead atoms. The second kappa shape index (κ2) is 8.09. The van der Waals surface area contributed by atoms with Gasteiger partial charge in [0, 0.05) is 31.4 Å². The van der Waals surface area contributed by atoms with Gasteiger partial charge in [-0.1, -0.05) is 23.7 Å². The Kier molecular flexibility index (Phi) is 5.61. The van der Waals surface area contributed by atoms with Crippen molar-refractivity contribution in [1.29, 1.82) is 0 Å². The summed E-state index contributed by atoms with van der Waals surface area (Å²) >= 11 is 6.30. The lowest BCUT2D eigenvalue weighted by Gasteiger charge is -2.14. The maximum atomic E-state index is 12.3. The van der Waals surface area contributed by atoms with E-state index in [2.05, 4.69) is 26.0 Å². The molecule has 0 saturated carbocycles. The fraction of sp³-hybridized carbons (Fsp3) is 0.211. The molecule has 0 atom stereocenters. The van der Waals surface area contributed by atoms with Gasteiger partial charge in [0.1, 0.15) is 5.82 Å². The number of carbonyl (C=O) groups excluding carboxylic acids is 1. The van der Waals surface area contributed by atoms with E-state index < -0.39 is 0 Å². The number of benzene rings is 1. The van der Waals surface area contributed by atoms with Crippen molar-refractivity contribution < 1.29 is 4.79 Å². The summed E-state index contributed by atoms with van der Waals surface area (Å²) in [5, 5.41) is 14.0. The Hall–Kier alpha value is -3.06. The third-order valence-corrected chi connectivity index (χ3v) is 4.30. The zero-order valence-corrected chi connectivity index (χ0v) is 16.1. The highest BCUT2D eigenvalue weighted by Gasteiger charge is 2.12. The lowest BCUT2D eigenvalue weighted by molar-refractivity contribution is 0.0956. The first-order valence-electron chi connectivity index (χ1n) is 8.55. The number of aromatic nitrogens is 3. The van der Waals surface area contributed by atoms with Crippen molar-refractivity contribution in [2.24, 2.45) is 7.05 Å².